The lowest BCUT2D eigenvalue weighted by Crippen LogP contribution is -1.93. The van der Waals surface area contributed by atoms with Crippen LogP contribution in [0.2, 0.25) is 5.15 Å². The molecule has 0 N–H and O–H groups in total. The van der Waals surface area contributed by atoms with E-state index in [1.54, 1.807) is 19.1 Å². The fraction of sp³-hybridized carbons (Fsp3) is 0.0667. The van der Waals surface area contributed by atoms with Crippen molar-refractivity contribution >= 4 is 45.1 Å². The molecular formula is C15H9ClFIN2. The molecule has 2 nitrogen and oxygen atoms in total. The van der Waals surface area contributed by atoms with E-state index in [2.05, 4.69) is 32.6 Å². The zero-order valence-electron chi connectivity index (χ0n) is 10.5. The van der Waals surface area contributed by atoms with Crippen molar-refractivity contribution in [2.24, 2.45) is 0 Å². The number of nitrogens with zero attached hydrogens (tertiary/aromatic N) is 2. The molecule has 0 amide bonds. The van der Waals surface area contributed by atoms with Gasteiger partial charge in [0.1, 0.15) is 11.0 Å². The van der Waals surface area contributed by atoms with Crippen LogP contribution in [0.5, 0.6) is 0 Å². The molecule has 0 fully saturated rings. The van der Waals surface area contributed by atoms with E-state index in [1.165, 1.54) is 6.07 Å². The second kappa shape index (κ2) is 5.26. The average Bonchev–Trinajstić information content (AvgIpc) is 2.42. The maximum Gasteiger partial charge on any atom is 0.161 e. The molecule has 0 saturated carbocycles. The highest BCUT2D eigenvalue weighted by molar-refractivity contribution is 14.1. The number of halogens is 3. The Hall–Kier alpha value is -1.27. The van der Waals surface area contributed by atoms with Crippen molar-refractivity contribution in [1.29, 1.82) is 0 Å². The molecule has 20 heavy (non-hydrogen) atoms. The number of rotatable bonds is 1. The van der Waals surface area contributed by atoms with Crippen molar-refractivity contribution < 1.29 is 4.39 Å². The van der Waals surface area contributed by atoms with Crippen LogP contribution in [0.3, 0.4) is 0 Å². The van der Waals surface area contributed by atoms with Gasteiger partial charge in [-0.2, -0.15) is 0 Å². The van der Waals surface area contributed by atoms with Crippen LogP contribution in [0.15, 0.2) is 36.4 Å². The Morgan fingerprint density at radius 2 is 1.90 bits per heavy atom. The summed E-state index contributed by atoms with van der Waals surface area (Å²) in [5, 5.41) is 1.18. The Morgan fingerprint density at radius 3 is 2.65 bits per heavy atom. The van der Waals surface area contributed by atoms with Gasteiger partial charge in [-0.15, -0.1) is 0 Å². The normalized spacial score (nSPS) is 11.0. The number of aromatic nitrogens is 2. The molecule has 100 valence electrons. The van der Waals surface area contributed by atoms with E-state index in [-0.39, 0.29) is 5.82 Å². The van der Waals surface area contributed by atoms with Crippen LogP contribution in [-0.2, 0) is 0 Å². The SMILES string of the molecule is Cc1ccc(-c2nc(Cl)c3cc(I)ccc3n2)cc1F. The van der Waals surface area contributed by atoms with Gasteiger partial charge in [0.2, 0.25) is 0 Å². The third kappa shape index (κ3) is 2.50. The molecule has 1 heterocycles. The van der Waals surface area contributed by atoms with Gasteiger partial charge < -0.3 is 0 Å². The minimum atomic E-state index is -0.273. The third-order valence-corrected chi connectivity index (χ3v) is 4.00. The van der Waals surface area contributed by atoms with Gasteiger partial charge in [0.25, 0.3) is 0 Å². The van der Waals surface area contributed by atoms with E-state index in [4.69, 9.17) is 11.6 Å². The molecule has 5 heteroatoms. The molecule has 0 atom stereocenters. The fourth-order valence-electron chi connectivity index (χ4n) is 1.92. The van der Waals surface area contributed by atoms with E-state index >= 15 is 0 Å². The van der Waals surface area contributed by atoms with Gasteiger partial charge in [-0.25, -0.2) is 14.4 Å². The first-order valence-electron chi connectivity index (χ1n) is 5.94. The molecule has 3 rings (SSSR count). The zero-order chi connectivity index (χ0) is 14.3. The number of benzene rings is 2. The second-order valence-corrected chi connectivity index (χ2v) is 6.07. The maximum atomic E-state index is 13.6. The van der Waals surface area contributed by atoms with Crippen molar-refractivity contribution in [2.75, 3.05) is 0 Å². The van der Waals surface area contributed by atoms with Gasteiger partial charge >= 0.3 is 0 Å². The molecule has 0 spiro atoms. The van der Waals surface area contributed by atoms with Gasteiger partial charge in [-0.05, 0) is 59.3 Å². The topological polar surface area (TPSA) is 25.8 Å². The standard InChI is InChI=1S/C15H9ClFIN2/c1-8-2-3-9(6-12(8)17)15-19-13-5-4-10(18)7-11(13)14(16)20-15/h2-7H,1H3. The Labute approximate surface area is 134 Å². The summed E-state index contributed by atoms with van der Waals surface area (Å²) in [4.78, 5) is 8.72. The monoisotopic (exact) mass is 398 g/mol. The Morgan fingerprint density at radius 1 is 1.10 bits per heavy atom. The second-order valence-electron chi connectivity index (χ2n) is 4.46. The van der Waals surface area contributed by atoms with Gasteiger partial charge in [-0.3, -0.25) is 0 Å². The van der Waals surface area contributed by atoms with Crippen molar-refractivity contribution in [3.63, 3.8) is 0 Å². The number of aryl methyl sites for hydroxylation is 1. The van der Waals surface area contributed by atoms with Crippen molar-refractivity contribution in [3.8, 4) is 11.4 Å². The van der Waals surface area contributed by atoms with E-state index in [0.29, 0.717) is 22.1 Å². The first kappa shape index (κ1) is 13.7. The van der Waals surface area contributed by atoms with E-state index in [0.717, 1.165) is 14.5 Å². The maximum absolute atomic E-state index is 13.6. The molecule has 0 aliphatic rings. The van der Waals surface area contributed by atoms with E-state index < -0.39 is 0 Å². The summed E-state index contributed by atoms with van der Waals surface area (Å²) in [5.74, 6) is 0.160. The first-order valence-corrected chi connectivity index (χ1v) is 7.39. The molecule has 0 radical (unpaired) electrons. The van der Waals surface area contributed by atoms with Crippen LogP contribution < -0.4 is 0 Å². The van der Waals surface area contributed by atoms with E-state index in [9.17, 15) is 4.39 Å². The summed E-state index contributed by atoms with van der Waals surface area (Å²) in [6.07, 6.45) is 0. The molecule has 0 aliphatic heterocycles. The lowest BCUT2D eigenvalue weighted by atomic mass is 10.1. The summed E-state index contributed by atoms with van der Waals surface area (Å²) < 4.78 is 14.7. The zero-order valence-corrected chi connectivity index (χ0v) is 13.4. The Balaban J connectivity index is 2.21. The molecular weight excluding hydrogens is 390 g/mol. The van der Waals surface area contributed by atoms with Gasteiger partial charge in [0, 0.05) is 14.5 Å². The Kier molecular flexibility index (Phi) is 3.60. The summed E-state index contributed by atoms with van der Waals surface area (Å²) in [6.45, 7) is 1.72. The van der Waals surface area contributed by atoms with E-state index in [1.807, 2.05) is 18.2 Å². The molecule has 0 unspecified atom stereocenters. The minimum Gasteiger partial charge on any atom is -0.228 e. The average molecular weight is 399 g/mol. The minimum absolute atomic E-state index is 0.273. The predicted octanol–water partition coefficient (Wildman–Crippen LogP) is 5.00. The van der Waals surface area contributed by atoms with Gasteiger partial charge in [-0.1, -0.05) is 23.7 Å². The molecule has 0 saturated heterocycles. The number of fused-ring (bicyclic) bond motifs is 1. The lowest BCUT2D eigenvalue weighted by Gasteiger charge is -2.06. The van der Waals surface area contributed by atoms with Crippen molar-refractivity contribution in [3.05, 3.63) is 56.5 Å². The predicted molar refractivity (Wildman–Crippen MR) is 87.4 cm³/mol. The van der Waals surface area contributed by atoms with Crippen LogP contribution in [0.1, 0.15) is 5.56 Å². The summed E-state index contributed by atoms with van der Waals surface area (Å²) in [5.41, 5.74) is 1.96. The van der Waals surface area contributed by atoms with Crippen LogP contribution in [0, 0.1) is 16.3 Å². The summed E-state index contributed by atoms with van der Waals surface area (Å²) in [6, 6.07) is 10.7. The quantitative estimate of drug-likeness (QED) is 0.426. The highest BCUT2D eigenvalue weighted by atomic mass is 127. The number of hydrogen-bond donors (Lipinski definition) is 0. The van der Waals surface area contributed by atoms with Crippen molar-refractivity contribution in [1.82, 2.24) is 9.97 Å². The fourth-order valence-corrected chi connectivity index (χ4v) is 2.65. The van der Waals surface area contributed by atoms with Crippen molar-refractivity contribution in [2.45, 2.75) is 6.92 Å². The molecule has 0 aliphatic carbocycles. The van der Waals surface area contributed by atoms with Crippen LogP contribution in [-0.4, -0.2) is 9.97 Å². The van der Waals surface area contributed by atoms with Crippen LogP contribution >= 0.6 is 34.2 Å². The highest BCUT2D eigenvalue weighted by Crippen LogP contribution is 2.26. The van der Waals surface area contributed by atoms with Gasteiger partial charge in [0.15, 0.2) is 5.82 Å². The molecule has 2 aromatic carbocycles. The Bertz CT molecular complexity index is 820. The molecule has 0 bridgehead atoms. The van der Waals surface area contributed by atoms with Gasteiger partial charge in [0.05, 0.1) is 5.52 Å². The largest absolute Gasteiger partial charge is 0.228 e. The van der Waals surface area contributed by atoms with Crippen LogP contribution in [0.25, 0.3) is 22.3 Å². The lowest BCUT2D eigenvalue weighted by molar-refractivity contribution is 0.619. The molecule has 3 aromatic rings. The summed E-state index contributed by atoms with van der Waals surface area (Å²) >= 11 is 8.42. The molecule has 1 aromatic heterocycles. The smallest absolute Gasteiger partial charge is 0.161 e. The first-order chi connectivity index (χ1) is 9.54. The number of hydrogen-bond acceptors (Lipinski definition) is 2. The summed E-state index contributed by atoms with van der Waals surface area (Å²) in [7, 11) is 0. The highest BCUT2D eigenvalue weighted by Gasteiger charge is 2.10. The van der Waals surface area contributed by atoms with Crippen LogP contribution in [0.4, 0.5) is 4.39 Å². The third-order valence-electron chi connectivity index (χ3n) is 3.04.